The molecule has 1 rings (SSSR count). The Morgan fingerprint density at radius 2 is 2.14 bits per heavy atom. The van der Waals surface area contributed by atoms with E-state index in [9.17, 15) is 4.79 Å². The number of nitrogens with one attached hydrogen (secondary N) is 1. The molecule has 0 aromatic carbocycles. The van der Waals surface area contributed by atoms with Gasteiger partial charge in [-0.1, -0.05) is 6.08 Å². The molecule has 0 aliphatic carbocycles. The third-order valence-electron chi connectivity index (χ3n) is 1.83. The first-order valence-corrected chi connectivity index (χ1v) is 4.94. The summed E-state index contributed by atoms with van der Waals surface area (Å²) in [5.74, 6) is 0.750. The molecule has 1 heterocycles. The van der Waals surface area contributed by atoms with Crippen LogP contribution in [0.1, 0.15) is 27.2 Å². The van der Waals surface area contributed by atoms with Gasteiger partial charge in [0.05, 0.1) is 0 Å². The van der Waals surface area contributed by atoms with Gasteiger partial charge in [0.1, 0.15) is 5.60 Å². The summed E-state index contributed by atoms with van der Waals surface area (Å²) >= 11 is 0. The largest absolute Gasteiger partial charge is 0.462 e. The monoisotopic (exact) mass is 199 g/mol. The molecule has 14 heavy (non-hydrogen) atoms. The molecule has 1 aliphatic heterocycles. The maximum atomic E-state index is 9.60. The van der Waals surface area contributed by atoms with Crippen LogP contribution in [0.3, 0.4) is 0 Å². The van der Waals surface area contributed by atoms with Crippen molar-refractivity contribution in [3.05, 3.63) is 12.7 Å². The Balaban J connectivity index is 0.000000241. The van der Waals surface area contributed by atoms with Crippen molar-refractivity contribution in [2.24, 2.45) is 5.92 Å². The van der Waals surface area contributed by atoms with Gasteiger partial charge in [-0.15, -0.1) is 6.58 Å². The smallest absolute Gasteiger partial charge is 0.293 e. The van der Waals surface area contributed by atoms with Crippen molar-refractivity contribution in [3.8, 4) is 0 Å². The quantitative estimate of drug-likeness (QED) is 0.544. The Labute approximate surface area is 86.5 Å². The van der Waals surface area contributed by atoms with E-state index in [1.807, 2.05) is 26.8 Å². The number of hydrogen-bond acceptors (Lipinski definition) is 3. The highest BCUT2D eigenvalue weighted by Gasteiger charge is 2.08. The predicted molar refractivity (Wildman–Crippen MR) is 58.1 cm³/mol. The molecule has 1 atom stereocenters. The maximum Gasteiger partial charge on any atom is 0.293 e. The van der Waals surface area contributed by atoms with E-state index in [1.54, 1.807) is 0 Å². The highest BCUT2D eigenvalue weighted by atomic mass is 16.5. The molecule has 0 saturated carbocycles. The number of hydrogen-bond donors (Lipinski definition) is 1. The van der Waals surface area contributed by atoms with Gasteiger partial charge in [-0.2, -0.15) is 0 Å². The molecule has 1 fully saturated rings. The van der Waals surface area contributed by atoms with Crippen LogP contribution in [0.4, 0.5) is 0 Å². The second-order valence-electron chi connectivity index (χ2n) is 4.32. The summed E-state index contributed by atoms with van der Waals surface area (Å²) in [6, 6.07) is 0. The Hall–Kier alpha value is -0.830. The molecule has 1 aliphatic rings. The summed E-state index contributed by atoms with van der Waals surface area (Å²) < 4.78 is 4.55. The molecule has 1 saturated heterocycles. The fourth-order valence-corrected chi connectivity index (χ4v) is 1.02. The summed E-state index contributed by atoms with van der Waals surface area (Å²) in [5, 5.41) is 3.25. The SMILES string of the molecule is C=CC1CCNC1.CC(C)(C)OC=O. The van der Waals surface area contributed by atoms with Crippen LogP contribution in [0, 0.1) is 5.92 Å². The number of ether oxygens (including phenoxy) is 1. The van der Waals surface area contributed by atoms with E-state index in [0.29, 0.717) is 6.47 Å². The molecular weight excluding hydrogens is 178 g/mol. The molecule has 1 N–H and O–H groups in total. The maximum absolute atomic E-state index is 9.60. The van der Waals surface area contributed by atoms with Crippen molar-refractivity contribution in [2.75, 3.05) is 13.1 Å². The molecule has 3 heteroatoms. The third kappa shape index (κ3) is 7.80. The van der Waals surface area contributed by atoms with Crippen molar-refractivity contribution in [3.63, 3.8) is 0 Å². The third-order valence-corrected chi connectivity index (χ3v) is 1.83. The van der Waals surface area contributed by atoms with E-state index < -0.39 is 0 Å². The van der Waals surface area contributed by atoms with Crippen LogP contribution < -0.4 is 5.32 Å². The molecule has 82 valence electrons. The van der Waals surface area contributed by atoms with E-state index in [-0.39, 0.29) is 5.60 Å². The van der Waals surface area contributed by atoms with Crippen LogP contribution in [0.25, 0.3) is 0 Å². The predicted octanol–water partition coefficient (Wildman–Crippen LogP) is 1.74. The standard InChI is InChI=1S/C6H11N.C5H10O2/c1-2-6-3-4-7-5-6;1-5(2,3)7-4-6/h2,6-7H,1,3-5H2;4H,1-3H3. The summed E-state index contributed by atoms with van der Waals surface area (Å²) in [4.78, 5) is 9.60. The second-order valence-corrected chi connectivity index (χ2v) is 4.32. The average molecular weight is 199 g/mol. The molecule has 0 aromatic rings. The topological polar surface area (TPSA) is 38.3 Å². The molecule has 0 radical (unpaired) electrons. The van der Waals surface area contributed by atoms with Gasteiger partial charge in [0, 0.05) is 6.54 Å². The van der Waals surface area contributed by atoms with Crippen molar-refractivity contribution in [1.82, 2.24) is 5.32 Å². The number of rotatable bonds is 2. The van der Waals surface area contributed by atoms with Crippen LogP contribution in [0.5, 0.6) is 0 Å². The zero-order chi connectivity index (χ0) is 11.0. The lowest BCUT2D eigenvalue weighted by atomic mass is 10.1. The van der Waals surface area contributed by atoms with E-state index in [2.05, 4.69) is 16.6 Å². The van der Waals surface area contributed by atoms with Gasteiger partial charge in [0.25, 0.3) is 6.47 Å². The summed E-state index contributed by atoms with van der Waals surface area (Å²) in [5.41, 5.74) is -0.318. The molecule has 0 aromatic heterocycles. The van der Waals surface area contributed by atoms with E-state index in [0.717, 1.165) is 12.5 Å². The lowest BCUT2D eigenvalue weighted by Crippen LogP contribution is -2.17. The van der Waals surface area contributed by atoms with Crippen molar-refractivity contribution < 1.29 is 9.53 Å². The first-order chi connectivity index (χ1) is 6.49. The van der Waals surface area contributed by atoms with Crippen molar-refractivity contribution in [1.29, 1.82) is 0 Å². The second kappa shape index (κ2) is 6.60. The fraction of sp³-hybridized carbons (Fsp3) is 0.727. The van der Waals surface area contributed by atoms with Gasteiger partial charge in [0.15, 0.2) is 0 Å². The Kier molecular flexibility index (Phi) is 6.21. The molecule has 0 bridgehead atoms. The van der Waals surface area contributed by atoms with Gasteiger partial charge in [-0.3, -0.25) is 4.79 Å². The van der Waals surface area contributed by atoms with Crippen molar-refractivity contribution >= 4 is 6.47 Å². The molecule has 3 nitrogen and oxygen atoms in total. The van der Waals surface area contributed by atoms with E-state index in [4.69, 9.17) is 0 Å². The summed E-state index contributed by atoms with van der Waals surface area (Å²) in [6.45, 7) is 11.9. The Morgan fingerprint density at radius 1 is 1.50 bits per heavy atom. The van der Waals surface area contributed by atoms with Gasteiger partial charge < -0.3 is 10.1 Å². The van der Waals surface area contributed by atoms with Crippen molar-refractivity contribution in [2.45, 2.75) is 32.8 Å². The molecule has 0 amide bonds. The van der Waals surface area contributed by atoms with Crippen LogP contribution in [0.15, 0.2) is 12.7 Å². The Morgan fingerprint density at radius 3 is 2.29 bits per heavy atom. The Bertz CT molecular complexity index is 167. The minimum atomic E-state index is -0.318. The van der Waals surface area contributed by atoms with Gasteiger partial charge in [0.2, 0.25) is 0 Å². The lowest BCUT2D eigenvalue weighted by Gasteiger charge is -2.14. The minimum absolute atomic E-state index is 0.318. The normalized spacial score (nSPS) is 20.6. The highest BCUT2D eigenvalue weighted by molar-refractivity contribution is 5.37. The average Bonchev–Trinajstić information content (AvgIpc) is 2.54. The zero-order valence-corrected chi connectivity index (χ0v) is 9.38. The lowest BCUT2D eigenvalue weighted by molar-refractivity contribution is -0.138. The minimum Gasteiger partial charge on any atom is -0.462 e. The van der Waals surface area contributed by atoms with Gasteiger partial charge in [-0.05, 0) is 39.7 Å². The highest BCUT2D eigenvalue weighted by Crippen LogP contribution is 2.06. The first-order valence-electron chi connectivity index (χ1n) is 4.94. The van der Waals surface area contributed by atoms with Gasteiger partial charge in [-0.25, -0.2) is 0 Å². The van der Waals surface area contributed by atoms with E-state index >= 15 is 0 Å². The first kappa shape index (κ1) is 13.2. The summed E-state index contributed by atoms with van der Waals surface area (Å²) in [7, 11) is 0. The van der Waals surface area contributed by atoms with Crippen LogP contribution >= 0.6 is 0 Å². The molecule has 0 spiro atoms. The van der Waals surface area contributed by atoms with Crippen LogP contribution in [-0.4, -0.2) is 25.2 Å². The number of carbonyl (C=O) groups is 1. The molecule has 1 unspecified atom stereocenters. The van der Waals surface area contributed by atoms with Crippen LogP contribution in [-0.2, 0) is 9.53 Å². The van der Waals surface area contributed by atoms with Crippen LogP contribution in [0.2, 0.25) is 0 Å². The number of carbonyl (C=O) groups excluding carboxylic acids is 1. The van der Waals surface area contributed by atoms with E-state index in [1.165, 1.54) is 13.0 Å². The fourth-order valence-electron chi connectivity index (χ4n) is 1.02. The zero-order valence-electron chi connectivity index (χ0n) is 9.38. The van der Waals surface area contributed by atoms with Gasteiger partial charge >= 0.3 is 0 Å². The molecular formula is C11H21NO2. The summed E-state index contributed by atoms with van der Waals surface area (Å²) in [6.07, 6.45) is 3.31.